The van der Waals surface area contributed by atoms with Crippen LogP contribution in [-0.2, 0) is 24.4 Å². The fourth-order valence-corrected chi connectivity index (χ4v) is 4.54. The van der Waals surface area contributed by atoms with Crippen LogP contribution in [0.2, 0.25) is 0 Å². The van der Waals surface area contributed by atoms with Crippen molar-refractivity contribution in [1.82, 2.24) is 30.1 Å². The molecular weight excluding hydrogens is 424 g/mol. The molecule has 0 amide bonds. The van der Waals surface area contributed by atoms with Crippen LogP contribution in [0.1, 0.15) is 43.5 Å². The second kappa shape index (κ2) is 10.8. The van der Waals surface area contributed by atoms with Gasteiger partial charge in [-0.2, -0.15) is 0 Å². The number of fused-ring (bicyclic) bond motifs is 1. The van der Waals surface area contributed by atoms with E-state index in [1.54, 1.807) is 32.1 Å². The number of benzene rings is 1. The average molecular weight is 457 g/mol. The number of H-pyrrole nitrogens is 1. The molecule has 4 rings (SSSR count). The summed E-state index contributed by atoms with van der Waals surface area (Å²) in [4.78, 5) is 18.3. The van der Waals surface area contributed by atoms with Gasteiger partial charge in [-0.3, -0.25) is 9.69 Å². The van der Waals surface area contributed by atoms with E-state index in [0.29, 0.717) is 54.9 Å². The highest BCUT2D eigenvalue weighted by Gasteiger charge is 2.24. The molecule has 0 radical (unpaired) electrons. The number of pyridine rings is 1. The summed E-state index contributed by atoms with van der Waals surface area (Å²) in [6.45, 7) is 2.22. The second-order valence-electron chi connectivity index (χ2n) is 8.43. The van der Waals surface area contributed by atoms with Gasteiger partial charge in [0.05, 0.1) is 39.4 Å². The molecule has 0 unspecified atom stereocenters. The van der Waals surface area contributed by atoms with E-state index in [9.17, 15) is 4.79 Å². The first-order valence-corrected chi connectivity index (χ1v) is 11.4. The average Bonchev–Trinajstić information content (AvgIpc) is 3.29. The van der Waals surface area contributed by atoms with Crippen molar-refractivity contribution < 1.29 is 14.2 Å². The molecule has 33 heavy (non-hydrogen) atoms. The maximum Gasteiger partial charge on any atom is 0.252 e. The van der Waals surface area contributed by atoms with Crippen LogP contribution in [0.15, 0.2) is 23.0 Å². The predicted molar refractivity (Wildman–Crippen MR) is 123 cm³/mol. The van der Waals surface area contributed by atoms with E-state index in [1.807, 2.05) is 12.1 Å². The van der Waals surface area contributed by atoms with Crippen LogP contribution in [0, 0.1) is 0 Å². The van der Waals surface area contributed by atoms with Crippen LogP contribution in [0.4, 0.5) is 0 Å². The Bertz CT molecular complexity index is 1120. The third kappa shape index (κ3) is 5.33. The smallest absolute Gasteiger partial charge is 0.252 e. The second-order valence-corrected chi connectivity index (χ2v) is 8.43. The van der Waals surface area contributed by atoms with Gasteiger partial charge in [-0.25, -0.2) is 4.68 Å². The van der Waals surface area contributed by atoms with E-state index in [0.717, 1.165) is 24.1 Å². The number of aromatic nitrogens is 5. The van der Waals surface area contributed by atoms with Gasteiger partial charge in [0.2, 0.25) is 0 Å². The number of nitrogens with zero attached hydrogens (tertiary/aromatic N) is 5. The number of rotatable bonds is 10. The van der Waals surface area contributed by atoms with Gasteiger partial charge in [0.15, 0.2) is 17.3 Å². The molecular formula is C23H32N6O4. The van der Waals surface area contributed by atoms with Crippen molar-refractivity contribution in [3.63, 3.8) is 0 Å². The summed E-state index contributed by atoms with van der Waals surface area (Å²) in [5, 5.41) is 13.1. The largest absolute Gasteiger partial charge is 0.493 e. The Kier molecular flexibility index (Phi) is 7.56. The Balaban J connectivity index is 1.64. The number of hydrogen-bond acceptors (Lipinski definition) is 8. The van der Waals surface area contributed by atoms with Crippen LogP contribution >= 0.6 is 0 Å². The Morgan fingerprint density at radius 3 is 2.55 bits per heavy atom. The summed E-state index contributed by atoms with van der Waals surface area (Å²) in [7, 11) is 4.85. The van der Waals surface area contributed by atoms with Gasteiger partial charge < -0.3 is 19.2 Å². The van der Waals surface area contributed by atoms with Crippen molar-refractivity contribution in [2.45, 2.75) is 57.8 Å². The number of ether oxygens (including phenoxy) is 3. The van der Waals surface area contributed by atoms with Crippen LogP contribution in [0.25, 0.3) is 10.9 Å². The Morgan fingerprint density at radius 2 is 1.82 bits per heavy atom. The lowest BCUT2D eigenvalue weighted by atomic mass is 9.93. The van der Waals surface area contributed by atoms with E-state index in [1.165, 1.54) is 19.3 Å². The fourth-order valence-electron chi connectivity index (χ4n) is 4.54. The first-order chi connectivity index (χ1) is 16.1. The molecule has 1 aromatic carbocycles. The first-order valence-electron chi connectivity index (χ1n) is 11.4. The predicted octanol–water partition coefficient (Wildman–Crippen LogP) is 2.51. The van der Waals surface area contributed by atoms with Crippen LogP contribution in [0.3, 0.4) is 0 Å². The molecule has 2 heterocycles. The Hall–Kier alpha value is -2.98. The minimum atomic E-state index is -0.102. The Labute approximate surface area is 192 Å². The van der Waals surface area contributed by atoms with Crippen molar-refractivity contribution in [2.75, 3.05) is 27.9 Å². The van der Waals surface area contributed by atoms with Gasteiger partial charge in [0, 0.05) is 36.7 Å². The SMILES string of the molecule is COCCn1nnnc1CN(Cc1cc2cc(OC)c(OC)cc2[nH]c1=O)C1CCCCC1. The summed E-state index contributed by atoms with van der Waals surface area (Å²) in [5.41, 5.74) is 1.32. The topological polar surface area (TPSA) is 107 Å². The lowest BCUT2D eigenvalue weighted by Gasteiger charge is -2.33. The van der Waals surface area contributed by atoms with Crippen LogP contribution < -0.4 is 15.0 Å². The zero-order valence-corrected chi connectivity index (χ0v) is 19.5. The molecule has 3 aromatic rings. The molecule has 0 bridgehead atoms. The summed E-state index contributed by atoms with van der Waals surface area (Å²) < 4.78 is 17.8. The molecule has 1 fully saturated rings. The maximum absolute atomic E-state index is 13.0. The molecule has 1 saturated carbocycles. The molecule has 0 aliphatic heterocycles. The van der Waals surface area contributed by atoms with E-state index in [2.05, 4.69) is 25.4 Å². The zero-order chi connectivity index (χ0) is 23.2. The van der Waals surface area contributed by atoms with Gasteiger partial charge in [-0.05, 0) is 35.4 Å². The van der Waals surface area contributed by atoms with E-state index >= 15 is 0 Å². The van der Waals surface area contributed by atoms with Gasteiger partial charge in [-0.15, -0.1) is 5.10 Å². The fraction of sp³-hybridized carbons (Fsp3) is 0.565. The highest BCUT2D eigenvalue weighted by Crippen LogP contribution is 2.31. The van der Waals surface area contributed by atoms with Crippen molar-refractivity contribution in [2.24, 2.45) is 0 Å². The van der Waals surface area contributed by atoms with Crippen molar-refractivity contribution >= 4 is 10.9 Å². The standard InChI is InChI=1S/C23H32N6O4/c1-31-10-9-29-22(25-26-27-29)15-28(18-7-5-4-6-8-18)14-17-11-16-12-20(32-2)21(33-3)13-19(16)24-23(17)30/h11-13,18H,4-10,14-15H2,1-3H3,(H,24,30). The monoisotopic (exact) mass is 456 g/mol. The minimum absolute atomic E-state index is 0.102. The van der Waals surface area contributed by atoms with Crippen LogP contribution in [0.5, 0.6) is 11.5 Å². The van der Waals surface area contributed by atoms with E-state index in [4.69, 9.17) is 14.2 Å². The van der Waals surface area contributed by atoms with E-state index in [-0.39, 0.29) is 5.56 Å². The van der Waals surface area contributed by atoms with Gasteiger partial charge in [-0.1, -0.05) is 19.3 Å². The molecule has 0 atom stereocenters. The lowest BCUT2D eigenvalue weighted by molar-refractivity contribution is 0.131. The van der Waals surface area contributed by atoms with Crippen LogP contribution in [-0.4, -0.2) is 64.1 Å². The molecule has 10 nitrogen and oxygen atoms in total. The third-order valence-corrected chi connectivity index (χ3v) is 6.35. The quantitative estimate of drug-likeness (QED) is 0.496. The number of methoxy groups -OCH3 is 3. The molecule has 1 aliphatic rings. The molecule has 1 aliphatic carbocycles. The van der Waals surface area contributed by atoms with Gasteiger partial charge in [0.25, 0.3) is 5.56 Å². The minimum Gasteiger partial charge on any atom is -0.493 e. The molecule has 2 aromatic heterocycles. The zero-order valence-electron chi connectivity index (χ0n) is 19.5. The number of tetrazole rings is 1. The summed E-state index contributed by atoms with van der Waals surface area (Å²) in [6, 6.07) is 6.01. The molecule has 178 valence electrons. The van der Waals surface area contributed by atoms with Crippen molar-refractivity contribution in [3.05, 3.63) is 39.9 Å². The van der Waals surface area contributed by atoms with Gasteiger partial charge >= 0.3 is 0 Å². The number of aromatic amines is 1. The normalized spacial score (nSPS) is 14.8. The highest BCUT2D eigenvalue weighted by atomic mass is 16.5. The number of nitrogens with one attached hydrogen (secondary N) is 1. The van der Waals surface area contributed by atoms with Crippen molar-refractivity contribution in [1.29, 1.82) is 0 Å². The first kappa shape index (κ1) is 23.2. The molecule has 0 spiro atoms. The summed E-state index contributed by atoms with van der Waals surface area (Å²) in [6.07, 6.45) is 5.86. The summed E-state index contributed by atoms with van der Waals surface area (Å²) >= 11 is 0. The maximum atomic E-state index is 13.0. The lowest BCUT2D eigenvalue weighted by Crippen LogP contribution is -2.38. The molecule has 1 N–H and O–H groups in total. The molecule has 0 saturated heterocycles. The summed E-state index contributed by atoms with van der Waals surface area (Å²) in [5.74, 6) is 1.99. The van der Waals surface area contributed by atoms with Gasteiger partial charge in [0.1, 0.15) is 0 Å². The third-order valence-electron chi connectivity index (χ3n) is 6.35. The van der Waals surface area contributed by atoms with E-state index < -0.39 is 0 Å². The van der Waals surface area contributed by atoms with Crippen molar-refractivity contribution in [3.8, 4) is 11.5 Å². The molecule has 10 heteroatoms. The highest BCUT2D eigenvalue weighted by molar-refractivity contribution is 5.83. The Morgan fingerprint density at radius 1 is 1.06 bits per heavy atom. The number of hydrogen-bond donors (Lipinski definition) is 1.